The summed E-state index contributed by atoms with van der Waals surface area (Å²) in [6, 6.07) is 5.93. The highest BCUT2D eigenvalue weighted by atomic mass is 16.6. The third-order valence-electron chi connectivity index (χ3n) is 2.77. The first-order valence-corrected chi connectivity index (χ1v) is 6.16. The SMILES string of the molecule is COCC(C)CNCC(O)c1ccc([N+](=O)[O-])cc1. The van der Waals surface area contributed by atoms with Crippen molar-refractivity contribution in [2.24, 2.45) is 5.92 Å². The monoisotopic (exact) mass is 268 g/mol. The van der Waals surface area contributed by atoms with Gasteiger partial charge in [0.1, 0.15) is 0 Å². The summed E-state index contributed by atoms with van der Waals surface area (Å²) in [6.07, 6.45) is -0.671. The van der Waals surface area contributed by atoms with Gasteiger partial charge < -0.3 is 15.2 Å². The fourth-order valence-electron chi connectivity index (χ4n) is 1.75. The van der Waals surface area contributed by atoms with Crippen LogP contribution >= 0.6 is 0 Å². The second kappa shape index (κ2) is 7.83. The second-order valence-corrected chi connectivity index (χ2v) is 4.58. The molecular weight excluding hydrogens is 248 g/mol. The zero-order chi connectivity index (χ0) is 14.3. The smallest absolute Gasteiger partial charge is 0.269 e. The Morgan fingerprint density at radius 1 is 1.37 bits per heavy atom. The third kappa shape index (κ3) is 5.34. The molecule has 6 nitrogen and oxygen atoms in total. The van der Waals surface area contributed by atoms with Gasteiger partial charge in [-0.1, -0.05) is 6.92 Å². The van der Waals surface area contributed by atoms with E-state index in [4.69, 9.17) is 4.74 Å². The maximum absolute atomic E-state index is 10.5. The van der Waals surface area contributed by atoms with Crippen LogP contribution in [0.1, 0.15) is 18.6 Å². The highest BCUT2D eigenvalue weighted by molar-refractivity contribution is 5.33. The van der Waals surface area contributed by atoms with Crippen molar-refractivity contribution in [3.8, 4) is 0 Å². The highest BCUT2D eigenvalue weighted by Crippen LogP contribution is 2.17. The summed E-state index contributed by atoms with van der Waals surface area (Å²) in [5.41, 5.74) is 0.690. The number of aliphatic hydroxyl groups excluding tert-OH is 1. The van der Waals surface area contributed by atoms with Crippen LogP contribution in [0.15, 0.2) is 24.3 Å². The Labute approximate surface area is 112 Å². The predicted octanol–water partition coefficient (Wildman–Crippen LogP) is 1.50. The lowest BCUT2D eigenvalue weighted by Crippen LogP contribution is -2.28. The van der Waals surface area contributed by atoms with E-state index in [1.54, 1.807) is 19.2 Å². The summed E-state index contributed by atoms with van der Waals surface area (Å²) in [6.45, 7) is 3.87. The molecule has 0 saturated carbocycles. The molecule has 106 valence electrons. The molecule has 0 aromatic heterocycles. The van der Waals surface area contributed by atoms with Crippen molar-refractivity contribution in [3.05, 3.63) is 39.9 Å². The predicted molar refractivity (Wildman–Crippen MR) is 72.0 cm³/mol. The number of non-ortho nitro benzene ring substituents is 1. The molecule has 0 amide bonds. The molecule has 0 radical (unpaired) electrons. The van der Waals surface area contributed by atoms with Crippen molar-refractivity contribution in [1.82, 2.24) is 5.32 Å². The van der Waals surface area contributed by atoms with Crippen LogP contribution in [0.25, 0.3) is 0 Å². The molecule has 6 heteroatoms. The summed E-state index contributed by atoms with van der Waals surface area (Å²) in [5.74, 6) is 0.370. The van der Waals surface area contributed by atoms with Crippen LogP contribution < -0.4 is 5.32 Å². The fourth-order valence-corrected chi connectivity index (χ4v) is 1.75. The lowest BCUT2D eigenvalue weighted by molar-refractivity contribution is -0.384. The van der Waals surface area contributed by atoms with Crippen molar-refractivity contribution in [2.45, 2.75) is 13.0 Å². The molecule has 1 aromatic carbocycles. The molecule has 0 spiro atoms. The van der Waals surface area contributed by atoms with E-state index in [1.165, 1.54) is 12.1 Å². The molecule has 0 fully saturated rings. The molecule has 2 unspecified atom stereocenters. The maximum atomic E-state index is 10.5. The number of nitrogens with zero attached hydrogens (tertiary/aromatic N) is 1. The molecule has 1 rings (SSSR count). The van der Waals surface area contributed by atoms with E-state index in [0.717, 1.165) is 6.54 Å². The van der Waals surface area contributed by atoms with E-state index in [1.807, 2.05) is 0 Å². The van der Waals surface area contributed by atoms with Gasteiger partial charge in [-0.3, -0.25) is 10.1 Å². The molecule has 1 aromatic rings. The molecular formula is C13H20N2O4. The number of methoxy groups -OCH3 is 1. The summed E-state index contributed by atoms with van der Waals surface area (Å²) in [7, 11) is 1.65. The molecule has 0 aliphatic rings. The van der Waals surface area contributed by atoms with Crippen LogP contribution in [-0.2, 0) is 4.74 Å². The molecule has 0 saturated heterocycles. The Bertz CT molecular complexity index is 394. The lowest BCUT2D eigenvalue weighted by atomic mass is 10.1. The number of ether oxygens (including phenoxy) is 1. The van der Waals surface area contributed by atoms with Crippen LogP contribution in [0.3, 0.4) is 0 Å². The van der Waals surface area contributed by atoms with Gasteiger partial charge in [0.05, 0.1) is 11.0 Å². The van der Waals surface area contributed by atoms with Crippen molar-refractivity contribution < 1.29 is 14.8 Å². The lowest BCUT2D eigenvalue weighted by Gasteiger charge is -2.15. The summed E-state index contributed by atoms with van der Waals surface area (Å²) >= 11 is 0. The number of rotatable bonds is 8. The number of hydrogen-bond acceptors (Lipinski definition) is 5. The Morgan fingerprint density at radius 2 is 2.00 bits per heavy atom. The van der Waals surface area contributed by atoms with Gasteiger partial charge >= 0.3 is 0 Å². The van der Waals surface area contributed by atoms with Gasteiger partial charge in [-0.05, 0) is 23.6 Å². The average Bonchev–Trinajstić information content (AvgIpc) is 2.39. The fraction of sp³-hybridized carbons (Fsp3) is 0.538. The molecule has 2 atom stereocenters. The van der Waals surface area contributed by atoms with Crippen LogP contribution in [0.5, 0.6) is 0 Å². The number of nitro groups is 1. The minimum atomic E-state index is -0.671. The van der Waals surface area contributed by atoms with Gasteiger partial charge in [-0.2, -0.15) is 0 Å². The molecule has 0 aliphatic carbocycles. The molecule has 0 aliphatic heterocycles. The average molecular weight is 268 g/mol. The summed E-state index contributed by atoms with van der Waals surface area (Å²) < 4.78 is 5.02. The van der Waals surface area contributed by atoms with Crippen LogP contribution in [-0.4, -0.2) is 36.8 Å². The first-order chi connectivity index (χ1) is 9.04. The summed E-state index contributed by atoms with van der Waals surface area (Å²) in [4.78, 5) is 10.1. The van der Waals surface area contributed by atoms with Crippen molar-refractivity contribution in [1.29, 1.82) is 0 Å². The van der Waals surface area contributed by atoms with E-state index in [9.17, 15) is 15.2 Å². The van der Waals surface area contributed by atoms with Gasteiger partial charge in [-0.15, -0.1) is 0 Å². The number of aliphatic hydroxyl groups is 1. The molecule has 19 heavy (non-hydrogen) atoms. The van der Waals surface area contributed by atoms with E-state index in [2.05, 4.69) is 12.2 Å². The summed E-state index contributed by atoms with van der Waals surface area (Å²) in [5, 5.41) is 23.6. The molecule has 0 bridgehead atoms. The Kier molecular flexibility index (Phi) is 6.41. The minimum Gasteiger partial charge on any atom is -0.387 e. The minimum absolute atomic E-state index is 0.0256. The topological polar surface area (TPSA) is 84.6 Å². The zero-order valence-corrected chi connectivity index (χ0v) is 11.2. The molecule has 0 heterocycles. The maximum Gasteiger partial charge on any atom is 0.269 e. The van der Waals surface area contributed by atoms with Crippen molar-refractivity contribution in [3.63, 3.8) is 0 Å². The second-order valence-electron chi connectivity index (χ2n) is 4.58. The number of hydrogen-bond donors (Lipinski definition) is 2. The number of benzene rings is 1. The number of nitro benzene ring substituents is 1. The van der Waals surface area contributed by atoms with Crippen LogP contribution in [0.4, 0.5) is 5.69 Å². The van der Waals surface area contributed by atoms with Gasteiger partial charge in [0, 0.05) is 38.9 Å². The van der Waals surface area contributed by atoms with Gasteiger partial charge in [0.2, 0.25) is 0 Å². The Morgan fingerprint density at radius 3 is 2.53 bits per heavy atom. The van der Waals surface area contributed by atoms with E-state index >= 15 is 0 Å². The van der Waals surface area contributed by atoms with Gasteiger partial charge in [0.25, 0.3) is 5.69 Å². The highest BCUT2D eigenvalue weighted by Gasteiger charge is 2.10. The first-order valence-electron chi connectivity index (χ1n) is 6.16. The third-order valence-corrected chi connectivity index (χ3v) is 2.77. The molecule has 2 N–H and O–H groups in total. The van der Waals surface area contributed by atoms with E-state index < -0.39 is 11.0 Å². The van der Waals surface area contributed by atoms with Crippen molar-refractivity contribution >= 4 is 5.69 Å². The quantitative estimate of drug-likeness (QED) is 0.551. The number of nitrogens with one attached hydrogen (secondary N) is 1. The van der Waals surface area contributed by atoms with Gasteiger partial charge in [-0.25, -0.2) is 0 Å². The first kappa shape index (κ1) is 15.6. The van der Waals surface area contributed by atoms with Crippen molar-refractivity contribution in [2.75, 3.05) is 26.8 Å². The normalized spacial score (nSPS) is 14.1. The standard InChI is InChI=1S/C13H20N2O4/c1-10(9-19-2)7-14-8-13(16)11-3-5-12(6-4-11)15(17)18/h3-6,10,13-14,16H,7-9H2,1-2H3. The van der Waals surface area contributed by atoms with E-state index in [-0.39, 0.29) is 5.69 Å². The van der Waals surface area contributed by atoms with E-state index in [0.29, 0.717) is 24.6 Å². The Balaban J connectivity index is 2.40. The van der Waals surface area contributed by atoms with Crippen LogP contribution in [0, 0.1) is 16.0 Å². The zero-order valence-electron chi connectivity index (χ0n) is 11.2. The van der Waals surface area contributed by atoms with Gasteiger partial charge in [0.15, 0.2) is 0 Å². The largest absolute Gasteiger partial charge is 0.387 e. The van der Waals surface area contributed by atoms with Crippen LogP contribution in [0.2, 0.25) is 0 Å². The Hall–Kier alpha value is -1.50.